The predicted molar refractivity (Wildman–Crippen MR) is 75.4 cm³/mol. The summed E-state index contributed by atoms with van der Waals surface area (Å²) in [6.45, 7) is 0. The zero-order valence-corrected chi connectivity index (χ0v) is 12.1. The summed E-state index contributed by atoms with van der Waals surface area (Å²) in [6, 6.07) is 12.1. The van der Waals surface area contributed by atoms with Gasteiger partial charge in [-0.05, 0) is 36.4 Å². The Morgan fingerprint density at radius 3 is 2.17 bits per heavy atom. The van der Waals surface area contributed by atoms with Crippen molar-refractivity contribution in [2.45, 2.75) is 0 Å². The van der Waals surface area contributed by atoms with E-state index in [2.05, 4.69) is 22.0 Å². The molecule has 0 unspecified atom stereocenters. The van der Waals surface area contributed by atoms with E-state index in [0.717, 1.165) is 4.47 Å². The van der Waals surface area contributed by atoms with Crippen molar-refractivity contribution >= 4 is 39.1 Å². The second-order valence-corrected chi connectivity index (χ2v) is 5.28. The summed E-state index contributed by atoms with van der Waals surface area (Å²) in [6.07, 6.45) is 0. The number of nitriles is 1. The molecule has 18 heavy (non-hydrogen) atoms. The minimum absolute atomic E-state index is 0.494. The fourth-order valence-electron chi connectivity index (χ4n) is 1.41. The highest BCUT2D eigenvalue weighted by atomic mass is 79.9. The van der Waals surface area contributed by atoms with Crippen LogP contribution in [-0.2, 0) is 0 Å². The molecule has 0 aliphatic rings. The summed E-state index contributed by atoms with van der Waals surface area (Å²) in [7, 11) is 0. The van der Waals surface area contributed by atoms with Gasteiger partial charge in [0, 0.05) is 14.5 Å². The van der Waals surface area contributed by atoms with E-state index in [9.17, 15) is 0 Å². The third-order valence-corrected chi connectivity index (χ3v) is 2.97. The van der Waals surface area contributed by atoms with Gasteiger partial charge in [-0.3, -0.25) is 0 Å². The number of hydrogen-bond acceptors (Lipinski definition) is 2. The van der Waals surface area contributed by atoms with E-state index in [-0.39, 0.29) is 0 Å². The van der Waals surface area contributed by atoms with Crippen LogP contribution in [0, 0.1) is 11.3 Å². The van der Waals surface area contributed by atoms with Crippen molar-refractivity contribution in [3.8, 4) is 17.6 Å². The van der Waals surface area contributed by atoms with Crippen LogP contribution in [0.15, 0.2) is 40.9 Å². The Bertz CT molecular complexity index is 617. The average molecular weight is 343 g/mol. The third-order valence-electron chi connectivity index (χ3n) is 2.07. The van der Waals surface area contributed by atoms with E-state index < -0.39 is 0 Å². The predicted octanol–water partition coefficient (Wildman–Crippen LogP) is 5.42. The van der Waals surface area contributed by atoms with Crippen LogP contribution in [0.3, 0.4) is 0 Å². The van der Waals surface area contributed by atoms with Crippen LogP contribution < -0.4 is 4.74 Å². The summed E-state index contributed by atoms with van der Waals surface area (Å²) in [5, 5.41) is 9.86. The molecule has 2 nitrogen and oxygen atoms in total. The van der Waals surface area contributed by atoms with Crippen molar-refractivity contribution in [2.24, 2.45) is 0 Å². The molecular weight excluding hydrogens is 337 g/mol. The van der Waals surface area contributed by atoms with Crippen LogP contribution in [0.25, 0.3) is 0 Å². The average Bonchev–Trinajstić information content (AvgIpc) is 2.26. The van der Waals surface area contributed by atoms with Crippen LogP contribution in [0.1, 0.15) is 5.56 Å². The molecule has 0 saturated carbocycles. The van der Waals surface area contributed by atoms with Gasteiger partial charge in [0.1, 0.15) is 11.5 Å². The Kier molecular flexibility index (Phi) is 4.13. The highest BCUT2D eigenvalue weighted by molar-refractivity contribution is 9.10. The van der Waals surface area contributed by atoms with E-state index in [1.54, 1.807) is 36.4 Å². The van der Waals surface area contributed by atoms with Crippen molar-refractivity contribution in [1.29, 1.82) is 5.26 Å². The Morgan fingerprint density at radius 2 is 1.56 bits per heavy atom. The zero-order valence-electron chi connectivity index (χ0n) is 8.95. The van der Waals surface area contributed by atoms with Gasteiger partial charge in [-0.15, -0.1) is 0 Å². The summed E-state index contributed by atoms with van der Waals surface area (Å²) >= 11 is 15.1. The minimum Gasteiger partial charge on any atom is -0.457 e. The fourth-order valence-corrected chi connectivity index (χ4v) is 2.39. The maximum atomic E-state index is 8.87. The standard InChI is InChI=1S/C13H6BrCl2NO/c14-9-1-8(7-17)2-12(3-9)18-13-5-10(15)4-11(16)6-13/h1-6H. The molecule has 0 N–H and O–H groups in total. The molecular formula is C13H6BrCl2NO. The first-order valence-electron chi connectivity index (χ1n) is 4.91. The molecule has 0 bridgehead atoms. The van der Waals surface area contributed by atoms with Gasteiger partial charge >= 0.3 is 0 Å². The van der Waals surface area contributed by atoms with Crippen LogP contribution in [0.2, 0.25) is 10.0 Å². The first kappa shape index (κ1) is 13.2. The summed E-state index contributed by atoms with van der Waals surface area (Å²) in [5.74, 6) is 1.06. The first-order chi connectivity index (χ1) is 8.56. The molecule has 2 aromatic rings. The molecule has 0 atom stereocenters. The summed E-state index contributed by atoms with van der Waals surface area (Å²) in [4.78, 5) is 0. The van der Waals surface area contributed by atoms with Gasteiger partial charge in [0.05, 0.1) is 11.6 Å². The van der Waals surface area contributed by atoms with Crippen molar-refractivity contribution in [2.75, 3.05) is 0 Å². The van der Waals surface area contributed by atoms with Crippen molar-refractivity contribution < 1.29 is 4.74 Å². The van der Waals surface area contributed by atoms with Gasteiger partial charge in [-0.25, -0.2) is 0 Å². The largest absolute Gasteiger partial charge is 0.457 e. The fraction of sp³-hybridized carbons (Fsp3) is 0. The third kappa shape index (κ3) is 3.39. The Balaban J connectivity index is 2.34. The molecule has 2 aromatic carbocycles. The number of halogens is 3. The van der Waals surface area contributed by atoms with Gasteiger partial charge in [0.25, 0.3) is 0 Å². The monoisotopic (exact) mass is 341 g/mol. The number of benzene rings is 2. The number of ether oxygens (including phenoxy) is 1. The van der Waals surface area contributed by atoms with Crippen LogP contribution in [0.4, 0.5) is 0 Å². The van der Waals surface area contributed by atoms with E-state index >= 15 is 0 Å². The van der Waals surface area contributed by atoms with Crippen molar-refractivity contribution in [3.63, 3.8) is 0 Å². The molecule has 0 heterocycles. The Labute approximate surface area is 123 Å². The van der Waals surface area contributed by atoms with E-state index in [0.29, 0.717) is 27.1 Å². The summed E-state index contributed by atoms with van der Waals surface area (Å²) in [5.41, 5.74) is 0.507. The van der Waals surface area contributed by atoms with Crippen molar-refractivity contribution in [1.82, 2.24) is 0 Å². The molecule has 90 valence electrons. The lowest BCUT2D eigenvalue weighted by atomic mass is 10.2. The molecule has 0 radical (unpaired) electrons. The van der Waals surface area contributed by atoms with E-state index in [1.165, 1.54) is 0 Å². The summed E-state index contributed by atoms with van der Waals surface area (Å²) < 4.78 is 6.38. The lowest BCUT2D eigenvalue weighted by Crippen LogP contribution is -1.86. The molecule has 5 heteroatoms. The quantitative estimate of drug-likeness (QED) is 0.730. The topological polar surface area (TPSA) is 33.0 Å². The second kappa shape index (κ2) is 5.62. The first-order valence-corrected chi connectivity index (χ1v) is 6.46. The molecule has 0 spiro atoms. The van der Waals surface area contributed by atoms with Gasteiger partial charge in [-0.1, -0.05) is 39.1 Å². The number of nitrogens with zero attached hydrogens (tertiary/aromatic N) is 1. The lowest BCUT2D eigenvalue weighted by Gasteiger charge is -2.07. The molecule has 2 rings (SSSR count). The molecule has 0 aliphatic heterocycles. The second-order valence-electron chi connectivity index (χ2n) is 3.49. The molecule has 0 saturated heterocycles. The van der Waals surface area contributed by atoms with Gasteiger partial charge in [0.2, 0.25) is 0 Å². The van der Waals surface area contributed by atoms with E-state index in [1.807, 2.05) is 0 Å². The SMILES string of the molecule is N#Cc1cc(Br)cc(Oc2cc(Cl)cc(Cl)c2)c1. The zero-order chi connectivity index (χ0) is 13.1. The maximum Gasteiger partial charge on any atom is 0.130 e. The van der Waals surface area contributed by atoms with Gasteiger partial charge in [0.15, 0.2) is 0 Å². The maximum absolute atomic E-state index is 8.87. The highest BCUT2D eigenvalue weighted by Crippen LogP contribution is 2.30. The van der Waals surface area contributed by atoms with Crippen LogP contribution >= 0.6 is 39.1 Å². The van der Waals surface area contributed by atoms with Crippen LogP contribution in [-0.4, -0.2) is 0 Å². The highest BCUT2D eigenvalue weighted by Gasteiger charge is 2.04. The molecule has 0 fully saturated rings. The number of hydrogen-bond donors (Lipinski definition) is 0. The molecule has 0 aromatic heterocycles. The smallest absolute Gasteiger partial charge is 0.130 e. The Morgan fingerprint density at radius 1 is 0.944 bits per heavy atom. The van der Waals surface area contributed by atoms with E-state index in [4.69, 9.17) is 33.2 Å². The molecule has 0 aliphatic carbocycles. The van der Waals surface area contributed by atoms with Gasteiger partial charge < -0.3 is 4.74 Å². The molecule has 0 amide bonds. The number of rotatable bonds is 2. The lowest BCUT2D eigenvalue weighted by molar-refractivity contribution is 0.482. The normalized spacial score (nSPS) is 9.89. The van der Waals surface area contributed by atoms with Crippen molar-refractivity contribution in [3.05, 3.63) is 56.5 Å². The Hall–Kier alpha value is -1.21. The minimum atomic E-state index is 0.494. The van der Waals surface area contributed by atoms with Gasteiger partial charge in [-0.2, -0.15) is 5.26 Å². The van der Waals surface area contributed by atoms with Crippen LogP contribution in [0.5, 0.6) is 11.5 Å².